The van der Waals surface area contributed by atoms with Crippen LogP contribution in [0.4, 0.5) is 13.2 Å². The van der Waals surface area contributed by atoms with Gasteiger partial charge in [-0.3, -0.25) is 4.57 Å². The minimum Gasteiger partial charge on any atom is -0.304 e. The van der Waals surface area contributed by atoms with E-state index in [2.05, 4.69) is 23.3 Å². The number of imidazole rings is 1. The number of halogens is 3. The van der Waals surface area contributed by atoms with Crippen LogP contribution in [0, 0.1) is 0 Å². The number of nitrogens with zero attached hydrogens (tertiary/aromatic N) is 3. The van der Waals surface area contributed by atoms with Crippen molar-refractivity contribution < 1.29 is 21.6 Å². The maximum atomic E-state index is 13.0. The fraction of sp³-hybridized carbons (Fsp3) is 0.222. The molecule has 1 aromatic carbocycles. The maximum absolute atomic E-state index is 13.0. The Morgan fingerprint density at radius 3 is 2.14 bits per heavy atom. The molecular weight excluding hydrogens is 393 g/mol. The molecule has 0 aliphatic rings. The summed E-state index contributed by atoms with van der Waals surface area (Å²) in [7, 11) is -2.25. The van der Waals surface area contributed by atoms with Gasteiger partial charge >= 0.3 is 6.18 Å². The van der Waals surface area contributed by atoms with E-state index in [-0.39, 0.29) is 10.7 Å². The summed E-state index contributed by atoms with van der Waals surface area (Å²) >= 11 is 0. The lowest BCUT2D eigenvalue weighted by Crippen LogP contribution is -2.12. The summed E-state index contributed by atoms with van der Waals surface area (Å²) in [6, 6.07) is 5.16. The molecule has 0 atom stereocenters. The second-order valence-corrected chi connectivity index (χ2v) is 7.41. The van der Waals surface area contributed by atoms with Crippen molar-refractivity contribution in [1.29, 1.82) is 0 Å². The van der Waals surface area contributed by atoms with Gasteiger partial charge in [-0.1, -0.05) is 18.2 Å². The zero-order valence-electron chi connectivity index (χ0n) is 15.7. The van der Waals surface area contributed by atoms with E-state index in [1.54, 1.807) is 27.0 Å². The summed E-state index contributed by atoms with van der Waals surface area (Å²) in [6.45, 7) is 10.1. The molecule has 0 fully saturated rings. The SMILES string of the molecule is C=C(C)/C=C(\C)c1nc(C(F)(F)F)cn1-c1ccc(S(N)(=O)=O)cc1.C=NC. The first-order valence-corrected chi connectivity index (χ1v) is 9.34. The summed E-state index contributed by atoms with van der Waals surface area (Å²) in [5.41, 5.74) is 0.413. The van der Waals surface area contributed by atoms with E-state index in [1.165, 1.54) is 28.8 Å². The number of aromatic nitrogens is 2. The average molecular weight is 414 g/mol. The molecule has 28 heavy (non-hydrogen) atoms. The van der Waals surface area contributed by atoms with Crippen molar-refractivity contribution in [3.63, 3.8) is 0 Å². The molecule has 2 aromatic rings. The lowest BCUT2D eigenvalue weighted by Gasteiger charge is -2.09. The summed E-state index contributed by atoms with van der Waals surface area (Å²) in [5.74, 6) is 0.0821. The van der Waals surface area contributed by atoms with Crippen molar-refractivity contribution in [2.24, 2.45) is 10.1 Å². The number of aliphatic imine (C=N–C) groups is 1. The van der Waals surface area contributed by atoms with Crippen LogP contribution >= 0.6 is 0 Å². The van der Waals surface area contributed by atoms with Crippen LogP contribution in [-0.4, -0.2) is 31.7 Å². The molecule has 10 heteroatoms. The smallest absolute Gasteiger partial charge is 0.304 e. The number of hydrogen-bond acceptors (Lipinski definition) is 4. The van der Waals surface area contributed by atoms with Gasteiger partial charge < -0.3 is 4.99 Å². The van der Waals surface area contributed by atoms with Gasteiger partial charge in [-0.15, -0.1) is 0 Å². The monoisotopic (exact) mass is 414 g/mol. The van der Waals surface area contributed by atoms with E-state index in [0.717, 1.165) is 6.20 Å². The lowest BCUT2D eigenvalue weighted by atomic mass is 10.2. The van der Waals surface area contributed by atoms with Crippen molar-refractivity contribution in [2.75, 3.05) is 7.05 Å². The van der Waals surface area contributed by atoms with Crippen LogP contribution in [0.3, 0.4) is 0 Å². The number of primary sulfonamides is 1. The van der Waals surface area contributed by atoms with Gasteiger partial charge in [0.1, 0.15) is 5.82 Å². The maximum Gasteiger partial charge on any atom is 0.434 e. The van der Waals surface area contributed by atoms with E-state index in [0.29, 0.717) is 16.8 Å². The van der Waals surface area contributed by atoms with Crippen LogP contribution in [-0.2, 0) is 16.2 Å². The van der Waals surface area contributed by atoms with Crippen LogP contribution in [0.15, 0.2) is 58.6 Å². The first kappa shape index (κ1) is 23.3. The molecule has 0 radical (unpaired) electrons. The fourth-order valence-electron chi connectivity index (χ4n) is 2.22. The predicted molar refractivity (Wildman–Crippen MR) is 104 cm³/mol. The Labute approximate surface area is 162 Å². The number of rotatable bonds is 4. The minimum absolute atomic E-state index is 0.0821. The third kappa shape index (κ3) is 6.17. The first-order chi connectivity index (χ1) is 12.8. The largest absolute Gasteiger partial charge is 0.434 e. The predicted octanol–water partition coefficient (Wildman–Crippen LogP) is 3.83. The summed E-state index contributed by atoms with van der Waals surface area (Å²) < 4.78 is 63.0. The van der Waals surface area contributed by atoms with Crippen LogP contribution in [0.5, 0.6) is 0 Å². The lowest BCUT2D eigenvalue weighted by molar-refractivity contribution is -0.140. The number of nitrogens with two attached hydrogens (primary N) is 1. The number of alkyl halides is 3. The normalized spacial score (nSPS) is 12.2. The highest BCUT2D eigenvalue weighted by molar-refractivity contribution is 7.89. The Balaban J connectivity index is 0.00000122. The Morgan fingerprint density at radius 1 is 1.25 bits per heavy atom. The molecule has 152 valence electrons. The number of hydrogen-bond donors (Lipinski definition) is 1. The standard InChI is InChI=1S/C16H16F3N3O2S.C2H5N/c1-10(2)8-11(3)15-21-14(16(17,18)19)9-22(15)12-4-6-13(7-5-12)25(20,23)24;1-3-2/h4-9H,1H2,2-3H3,(H2,20,23,24);1H2,2H3/b11-8+;. The summed E-state index contributed by atoms with van der Waals surface area (Å²) in [6.07, 6.45) is -2.14. The topological polar surface area (TPSA) is 90.3 Å². The van der Waals surface area contributed by atoms with E-state index in [9.17, 15) is 21.6 Å². The third-order valence-electron chi connectivity index (χ3n) is 3.26. The van der Waals surface area contributed by atoms with Crippen LogP contribution in [0.25, 0.3) is 11.3 Å². The van der Waals surface area contributed by atoms with Crippen LogP contribution in [0.1, 0.15) is 25.4 Å². The van der Waals surface area contributed by atoms with Crippen LogP contribution < -0.4 is 5.14 Å². The van der Waals surface area contributed by atoms with Gasteiger partial charge in [0, 0.05) is 18.9 Å². The molecule has 1 heterocycles. The van der Waals surface area contributed by atoms with Gasteiger partial charge in [-0.25, -0.2) is 18.5 Å². The first-order valence-electron chi connectivity index (χ1n) is 7.80. The van der Waals surface area contributed by atoms with Gasteiger partial charge in [-0.05, 0) is 50.4 Å². The molecule has 0 saturated carbocycles. The molecule has 1 aromatic heterocycles. The average Bonchev–Trinajstić information content (AvgIpc) is 3.00. The number of allylic oxidation sites excluding steroid dienone is 3. The fourth-order valence-corrected chi connectivity index (χ4v) is 2.74. The van der Waals surface area contributed by atoms with Crippen molar-refractivity contribution >= 4 is 22.3 Å². The van der Waals surface area contributed by atoms with Crippen molar-refractivity contribution in [2.45, 2.75) is 24.9 Å². The molecule has 2 rings (SSSR count). The molecule has 0 bridgehead atoms. The van der Waals surface area contributed by atoms with E-state index in [4.69, 9.17) is 5.14 Å². The number of benzene rings is 1. The quantitative estimate of drug-likeness (QED) is 0.609. The van der Waals surface area contributed by atoms with Gasteiger partial charge in [-0.2, -0.15) is 13.2 Å². The zero-order chi connectivity index (χ0) is 21.7. The van der Waals surface area contributed by atoms with E-state index >= 15 is 0 Å². The second-order valence-electron chi connectivity index (χ2n) is 5.85. The Morgan fingerprint density at radius 2 is 1.75 bits per heavy atom. The van der Waals surface area contributed by atoms with Crippen molar-refractivity contribution in [1.82, 2.24) is 9.55 Å². The van der Waals surface area contributed by atoms with Gasteiger partial charge in [0.05, 0.1) is 4.90 Å². The van der Waals surface area contributed by atoms with Gasteiger partial charge in [0.15, 0.2) is 5.69 Å². The highest BCUT2D eigenvalue weighted by Crippen LogP contribution is 2.31. The summed E-state index contributed by atoms with van der Waals surface area (Å²) in [5, 5.41) is 5.03. The molecule has 0 saturated heterocycles. The van der Waals surface area contributed by atoms with Gasteiger partial charge in [0.25, 0.3) is 0 Å². The van der Waals surface area contributed by atoms with E-state index < -0.39 is 21.9 Å². The highest BCUT2D eigenvalue weighted by Gasteiger charge is 2.35. The summed E-state index contributed by atoms with van der Waals surface area (Å²) in [4.78, 5) is 6.78. The molecular formula is C18H21F3N4O2S. The Bertz CT molecular complexity index is 989. The van der Waals surface area contributed by atoms with Crippen molar-refractivity contribution in [3.05, 3.63) is 60.2 Å². The minimum atomic E-state index is -4.61. The van der Waals surface area contributed by atoms with Crippen LogP contribution in [0.2, 0.25) is 0 Å². The molecule has 0 aliphatic heterocycles. The van der Waals surface area contributed by atoms with Gasteiger partial charge in [0.2, 0.25) is 10.0 Å². The molecule has 0 aliphatic carbocycles. The zero-order valence-corrected chi connectivity index (χ0v) is 16.5. The number of sulfonamides is 1. The Kier molecular flexibility index (Phi) is 7.48. The second kappa shape index (κ2) is 8.98. The molecule has 0 spiro atoms. The molecule has 2 N–H and O–H groups in total. The molecule has 0 amide bonds. The Hall–Kier alpha value is -2.72. The van der Waals surface area contributed by atoms with E-state index in [1.807, 2.05) is 0 Å². The third-order valence-corrected chi connectivity index (χ3v) is 4.18. The molecule has 0 unspecified atom stereocenters. The highest BCUT2D eigenvalue weighted by atomic mass is 32.2. The molecule has 6 nitrogen and oxygen atoms in total. The van der Waals surface area contributed by atoms with Crippen molar-refractivity contribution in [3.8, 4) is 5.69 Å².